The van der Waals surface area contributed by atoms with Crippen LogP contribution in [-0.2, 0) is 6.42 Å². The van der Waals surface area contributed by atoms with Crippen molar-refractivity contribution in [3.8, 4) is 33.9 Å². The van der Waals surface area contributed by atoms with Gasteiger partial charge < -0.3 is 8.83 Å². The SMILES string of the molecule is C1=C(c2nc(-c3ccccc3)nc(-c3ccc(-c4ccc5c(c4)oc4ccc6ccccc6c45)c4oc5ccccc5c34)n2)CCc2c1ccc1ccccc21. The van der Waals surface area contributed by atoms with Gasteiger partial charge in [0.1, 0.15) is 22.3 Å². The Bertz CT molecular complexity index is 3430. The van der Waals surface area contributed by atoms with Gasteiger partial charge in [0.15, 0.2) is 17.5 Å². The van der Waals surface area contributed by atoms with Crippen LogP contribution < -0.4 is 0 Å². The zero-order chi connectivity index (χ0) is 36.7. The van der Waals surface area contributed by atoms with Crippen molar-refractivity contribution in [1.82, 2.24) is 15.0 Å². The van der Waals surface area contributed by atoms with Gasteiger partial charge in [-0.05, 0) is 99.1 Å². The highest BCUT2D eigenvalue weighted by molar-refractivity contribution is 6.20. The van der Waals surface area contributed by atoms with Crippen molar-refractivity contribution in [3.05, 3.63) is 175 Å². The molecule has 0 bridgehead atoms. The monoisotopic (exact) mass is 717 g/mol. The molecular weight excluding hydrogens is 687 g/mol. The lowest BCUT2D eigenvalue weighted by Gasteiger charge is -2.19. The predicted molar refractivity (Wildman–Crippen MR) is 228 cm³/mol. The lowest BCUT2D eigenvalue weighted by molar-refractivity contribution is 0.668. The molecule has 1 aliphatic rings. The first kappa shape index (κ1) is 31.0. The minimum atomic E-state index is 0.613. The summed E-state index contributed by atoms with van der Waals surface area (Å²) in [6.07, 6.45) is 4.02. The van der Waals surface area contributed by atoms with Crippen molar-refractivity contribution in [2.75, 3.05) is 0 Å². The molecule has 0 fully saturated rings. The van der Waals surface area contributed by atoms with Crippen LogP contribution in [0.25, 0.3) is 111 Å². The molecule has 3 aromatic heterocycles. The third kappa shape index (κ3) is 4.77. The summed E-state index contributed by atoms with van der Waals surface area (Å²) >= 11 is 0. The molecule has 11 aromatic rings. The normalized spacial score (nSPS) is 13.0. The zero-order valence-electron chi connectivity index (χ0n) is 30.2. The van der Waals surface area contributed by atoms with Gasteiger partial charge in [-0.2, -0.15) is 0 Å². The summed E-state index contributed by atoms with van der Waals surface area (Å²) < 4.78 is 13.2. The molecule has 0 amide bonds. The van der Waals surface area contributed by atoms with Crippen molar-refractivity contribution in [1.29, 1.82) is 0 Å². The molecule has 0 radical (unpaired) electrons. The summed E-state index contributed by atoms with van der Waals surface area (Å²) in [5.74, 6) is 1.95. The van der Waals surface area contributed by atoms with Gasteiger partial charge in [-0.3, -0.25) is 0 Å². The number of para-hydroxylation sites is 1. The van der Waals surface area contributed by atoms with E-state index in [0.717, 1.165) is 84.5 Å². The summed E-state index contributed by atoms with van der Waals surface area (Å²) in [5.41, 5.74) is 10.8. The first-order chi connectivity index (χ1) is 27.7. The van der Waals surface area contributed by atoms with Crippen LogP contribution >= 0.6 is 0 Å². The summed E-state index contributed by atoms with van der Waals surface area (Å²) in [6, 6.07) is 54.9. The molecule has 0 spiro atoms. The highest BCUT2D eigenvalue weighted by atomic mass is 16.3. The standard InChI is InChI=1S/C51H31N3O2/c1-2-12-32(13-3-1)49-52-50(35-21-23-37-33(28-35)19-18-30-10-4-6-14-36(30)37)54-51(53-49)42-26-25-39(48-47(42)40-16-8-9-17-43(40)56-48)34-20-24-41-45(29-34)55-44-27-22-31-11-5-7-15-38(31)46(41)44/h1-20,22,24-29H,21,23H2. The average Bonchev–Trinajstić information content (AvgIpc) is 3.85. The number of aryl methyl sites for hydroxylation is 1. The Morgan fingerprint density at radius 1 is 0.411 bits per heavy atom. The predicted octanol–water partition coefficient (Wildman–Crippen LogP) is 13.5. The molecule has 8 aromatic carbocycles. The largest absolute Gasteiger partial charge is 0.456 e. The maximum atomic E-state index is 6.75. The highest BCUT2D eigenvalue weighted by Crippen LogP contribution is 2.44. The topological polar surface area (TPSA) is 65.0 Å². The second-order valence-corrected chi connectivity index (χ2v) is 14.6. The van der Waals surface area contributed by atoms with Gasteiger partial charge in [0, 0.05) is 38.2 Å². The molecule has 262 valence electrons. The summed E-state index contributed by atoms with van der Waals surface area (Å²) in [5, 5.41) is 9.17. The lowest BCUT2D eigenvalue weighted by Crippen LogP contribution is -2.06. The van der Waals surface area contributed by atoms with E-state index in [-0.39, 0.29) is 0 Å². The van der Waals surface area contributed by atoms with Crippen LogP contribution in [0.5, 0.6) is 0 Å². The number of allylic oxidation sites excluding steroid dienone is 1. The van der Waals surface area contributed by atoms with E-state index < -0.39 is 0 Å². The van der Waals surface area contributed by atoms with E-state index in [1.807, 2.05) is 30.3 Å². The highest BCUT2D eigenvalue weighted by Gasteiger charge is 2.23. The number of hydrogen-bond donors (Lipinski definition) is 0. The maximum absolute atomic E-state index is 6.75. The Hall–Kier alpha value is -7.37. The molecule has 0 N–H and O–H groups in total. The van der Waals surface area contributed by atoms with Crippen molar-refractivity contribution in [2.24, 2.45) is 0 Å². The number of fused-ring (bicyclic) bond motifs is 11. The van der Waals surface area contributed by atoms with Gasteiger partial charge in [-0.25, -0.2) is 15.0 Å². The number of rotatable bonds is 4. The first-order valence-electron chi connectivity index (χ1n) is 19.1. The molecule has 0 unspecified atom stereocenters. The van der Waals surface area contributed by atoms with Gasteiger partial charge in [-0.15, -0.1) is 0 Å². The first-order valence-corrected chi connectivity index (χ1v) is 19.1. The number of furan rings is 2. The van der Waals surface area contributed by atoms with Gasteiger partial charge in [-0.1, -0.05) is 121 Å². The average molecular weight is 718 g/mol. The van der Waals surface area contributed by atoms with E-state index in [1.54, 1.807) is 0 Å². The summed E-state index contributed by atoms with van der Waals surface area (Å²) in [6.45, 7) is 0. The molecule has 5 heteroatoms. The number of benzene rings is 8. The maximum Gasteiger partial charge on any atom is 0.164 e. The van der Waals surface area contributed by atoms with E-state index >= 15 is 0 Å². The molecule has 0 atom stereocenters. The molecule has 12 rings (SSSR count). The number of nitrogens with zero attached hydrogens (tertiary/aromatic N) is 3. The van der Waals surface area contributed by atoms with Gasteiger partial charge in [0.2, 0.25) is 0 Å². The Balaban J connectivity index is 1.06. The van der Waals surface area contributed by atoms with E-state index in [1.165, 1.54) is 32.7 Å². The van der Waals surface area contributed by atoms with E-state index in [0.29, 0.717) is 17.5 Å². The number of hydrogen-bond acceptors (Lipinski definition) is 5. The van der Waals surface area contributed by atoms with E-state index in [4.69, 9.17) is 23.8 Å². The van der Waals surface area contributed by atoms with Crippen LogP contribution in [0.1, 0.15) is 23.4 Å². The minimum Gasteiger partial charge on any atom is -0.456 e. The van der Waals surface area contributed by atoms with E-state index in [9.17, 15) is 0 Å². The van der Waals surface area contributed by atoms with Crippen molar-refractivity contribution < 1.29 is 8.83 Å². The van der Waals surface area contributed by atoms with Crippen LogP contribution in [-0.4, -0.2) is 15.0 Å². The Kier molecular flexibility index (Phi) is 6.69. The molecular formula is C51H31N3O2. The quantitative estimate of drug-likeness (QED) is 0.181. The van der Waals surface area contributed by atoms with E-state index in [2.05, 4.69) is 133 Å². The second kappa shape index (κ2) is 12.1. The van der Waals surface area contributed by atoms with Crippen LogP contribution in [0, 0.1) is 0 Å². The van der Waals surface area contributed by atoms with Crippen LogP contribution in [0.2, 0.25) is 0 Å². The fraction of sp³-hybridized carbons (Fsp3) is 0.0392. The van der Waals surface area contributed by atoms with Crippen molar-refractivity contribution in [2.45, 2.75) is 12.8 Å². The molecule has 56 heavy (non-hydrogen) atoms. The van der Waals surface area contributed by atoms with Crippen LogP contribution in [0.15, 0.2) is 167 Å². The Morgan fingerprint density at radius 2 is 1.11 bits per heavy atom. The van der Waals surface area contributed by atoms with Gasteiger partial charge >= 0.3 is 0 Å². The van der Waals surface area contributed by atoms with Gasteiger partial charge in [0.25, 0.3) is 0 Å². The van der Waals surface area contributed by atoms with Crippen LogP contribution in [0.4, 0.5) is 0 Å². The number of aromatic nitrogens is 3. The second-order valence-electron chi connectivity index (χ2n) is 14.6. The summed E-state index contributed by atoms with van der Waals surface area (Å²) in [4.78, 5) is 15.6. The van der Waals surface area contributed by atoms with Crippen molar-refractivity contribution in [3.63, 3.8) is 0 Å². The zero-order valence-corrected chi connectivity index (χ0v) is 30.2. The smallest absolute Gasteiger partial charge is 0.164 e. The molecule has 0 aliphatic heterocycles. The third-order valence-electron chi connectivity index (χ3n) is 11.4. The minimum absolute atomic E-state index is 0.613. The molecule has 0 saturated heterocycles. The molecule has 5 nitrogen and oxygen atoms in total. The lowest BCUT2D eigenvalue weighted by atomic mass is 9.88. The fourth-order valence-corrected chi connectivity index (χ4v) is 8.77. The molecule has 0 saturated carbocycles. The van der Waals surface area contributed by atoms with Crippen molar-refractivity contribution >= 4 is 77.1 Å². The fourth-order valence-electron chi connectivity index (χ4n) is 8.77. The molecule has 1 aliphatic carbocycles. The third-order valence-corrected chi connectivity index (χ3v) is 11.4. The Morgan fingerprint density at radius 3 is 2.00 bits per heavy atom. The Labute approximate surface area is 321 Å². The molecule has 3 heterocycles. The van der Waals surface area contributed by atoms with Crippen LogP contribution in [0.3, 0.4) is 0 Å². The van der Waals surface area contributed by atoms with Gasteiger partial charge in [0.05, 0.1) is 0 Å². The summed E-state index contributed by atoms with van der Waals surface area (Å²) in [7, 11) is 0.